The van der Waals surface area contributed by atoms with Gasteiger partial charge in [-0.25, -0.2) is 13.2 Å². The zero-order valence-electron chi connectivity index (χ0n) is 15.5. The lowest BCUT2D eigenvalue weighted by Crippen LogP contribution is -2.17. The van der Waals surface area contributed by atoms with Gasteiger partial charge in [0.25, 0.3) is 10.0 Å². The molecule has 0 saturated heterocycles. The summed E-state index contributed by atoms with van der Waals surface area (Å²) < 4.78 is 33.1. The smallest absolute Gasteiger partial charge is 0.350 e. The van der Waals surface area contributed by atoms with Gasteiger partial charge in [0.1, 0.15) is 4.88 Å². The zero-order valence-corrected chi connectivity index (χ0v) is 17.1. The molecule has 0 atom stereocenters. The highest BCUT2D eigenvalue weighted by atomic mass is 32.2. The molecule has 26 heavy (non-hydrogen) atoms. The number of ether oxygens (including phenoxy) is 1. The van der Waals surface area contributed by atoms with Crippen LogP contribution in [0.2, 0.25) is 0 Å². The van der Waals surface area contributed by atoms with Gasteiger partial charge < -0.3 is 4.74 Å². The minimum atomic E-state index is -3.86. The number of benzene rings is 1. The molecule has 0 saturated carbocycles. The van der Waals surface area contributed by atoms with Gasteiger partial charge in [0, 0.05) is 0 Å². The Morgan fingerprint density at radius 3 is 2.50 bits per heavy atom. The Balaban J connectivity index is 2.49. The highest BCUT2D eigenvalue weighted by Gasteiger charge is 2.24. The van der Waals surface area contributed by atoms with Crippen LogP contribution in [0.4, 0.5) is 5.69 Å². The lowest BCUT2D eigenvalue weighted by atomic mass is 9.86. The first-order valence-corrected chi connectivity index (χ1v) is 10.4. The van der Waals surface area contributed by atoms with Crippen molar-refractivity contribution in [2.45, 2.75) is 38.0 Å². The molecule has 0 aliphatic rings. The summed E-state index contributed by atoms with van der Waals surface area (Å²) in [7, 11) is -2.61. The summed E-state index contributed by atoms with van der Waals surface area (Å²) in [6.07, 6.45) is 3.56. The quantitative estimate of drug-likeness (QED) is 0.750. The van der Waals surface area contributed by atoms with Crippen molar-refractivity contribution in [2.24, 2.45) is 0 Å². The van der Waals surface area contributed by atoms with Gasteiger partial charge in [0.2, 0.25) is 0 Å². The summed E-state index contributed by atoms with van der Waals surface area (Å²) in [6.45, 7) is 8.05. The number of nitrogens with one attached hydrogen (secondary N) is 1. The molecule has 0 aliphatic carbocycles. The summed E-state index contributed by atoms with van der Waals surface area (Å²) in [5.41, 5.74) is 1.75. The highest BCUT2D eigenvalue weighted by Crippen LogP contribution is 2.30. The average Bonchev–Trinajstić information content (AvgIpc) is 3.00. The topological polar surface area (TPSA) is 72.5 Å². The molecule has 0 amide bonds. The fourth-order valence-corrected chi connectivity index (χ4v) is 4.49. The Bertz CT molecular complexity index is 935. The summed E-state index contributed by atoms with van der Waals surface area (Å²) in [4.78, 5) is 12.2. The van der Waals surface area contributed by atoms with E-state index in [0.29, 0.717) is 5.56 Å². The summed E-state index contributed by atoms with van der Waals surface area (Å²) in [5, 5.41) is 1.64. The molecule has 2 aromatic rings. The van der Waals surface area contributed by atoms with Crippen LogP contribution in [0.15, 0.2) is 40.6 Å². The molecule has 0 fully saturated rings. The monoisotopic (exact) mass is 393 g/mol. The van der Waals surface area contributed by atoms with Crippen LogP contribution in [0.1, 0.15) is 48.5 Å². The molecule has 7 heteroatoms. The molecule has 140 valence electrons. The van der Waals surface area contributed by atoms with Crippen LogP contribution in [0.3, 0.4) is 0 Å². The first-order valence-electron chi connectivity index (χ1n) is 8.06. The minimum Gasteiger partial charge on any atom is -0.465 e. The molecular weight excluding hydrogens is 370 g/mol. The van der Waals surface area contributed by atoms with Crippen LogP contribution in [-0.4, -0.2) is 21.5 Å². The van der Waals surface area contributed by atoms with Crippen LogP contribution in [0, 0.1) is 0 Å². The van der Waals surface area contributed by atoms with Gasteiger partial charge in [-0.1, -0.05) is 39.0 Å². The van der Waals surface area contributed by atoms with Gasteiger partial charge in [0.05, 0.1) is 17.7 Å². The van der Waals surface area contributed by atoms with Crippen molar-refractivity contribution in [2.75, 3.05) is 11.8 Å². The molecule has 2 rings (SSSR count). The SMILES string of the molecule is CC=Cc1cc(C(C)(C)C)ccc1S(=O)(=O)Nc1ccsc1C(=O)OC. The number of carbonyl (C=O) groups is 1. The number of hydrogen-bond donors (Lipinski definition) is 1. The molecule has 0 unspecified atom stereocenters. The number of carbonyl (C=O) groups excluding carboxylic acids is 1. The van der Waals surface area contributed by atoms with E-state index in [9.17, 15) is 13.2 Å². The molecule has 1 heterocycles. The Kier molecular flexibility index (Phi) is 5.93. The number of anilines is 1. The maximum atomic E-state index is 12.9. The number of esters is 1. The van der Waals surface area contributed by atoms with Crippen molar-refractivity contribution in [3.63, 3.8) is 0 Å². The second kappa shape index (κ2) is 7.63. The fraction of sp³-hybridized carbons (Fsp3) is 0.316. The number of allylic oxidation sites excluding steroid dienone is 1. The Labute approximate surface area is 158 Å². The first-order chi connectivity index (χ1) is 12.1. The van der Waals surface area contributed by atoms with Crippen molar-refractivity contribution in [1.29, 1.82) is 0 Å². The normalized spacial score (nSPS) is 12.3. The van der Waals surface area contributed by atoms with Crippen molar-refractivity contribution < 1.29 is 17.9 Å². The number of hydrogen-bond acceptors (Lipinski definition) is 5. The number of thiophene rings is 1. The van der Waals surface area contributed by atoms with E-state index >= 15 is 0 Å². The van der Waals surface area contributed by atoms with E-state index in [1.165, 1.54) is 7.11 Å². The van der Waals surface area contributed by atoms with Crippen LogP contribution in [0.25, 0.3) is 6.08 Å². The molecule has 0 spiro atoms. The predicted molar refractivity (Wildman–Crippen MR) is 106 cm³/mol. The molecule has 1 aromatic heterocycles. The van der Waals surface area contributed by atoms with E-state index in [-0.39, 0.29) is 20.9 Å². The highest BCUT2D eigenvalue weighted by molar-refractivity contribution is 7.92. The lowest BCUT2D eigenvalue weighted by Gasteiger charge is -2.21. The largest absolute Gasteiger partial charge is 0.465 e. The van der Waals surface area contributed by atoms with Crippen molar-refractivity contribution in [1.82, 2.24) is 0 Å². The Hall–Kier alpha value is -2.12. The summed E-state index contributed by atoms with van der Waals surface area (Å²) in [5.74, 6) is -0.575. The lowest BCUT2D eigenvalue weighted by molar-refractivity contribution is 0.0607. The summed E-state index contributed by atoms with van der Waals surface area (Å²) >= 11 is 1.12. The van der Waals surface area contributed by atoms with Gasteiger partial charge in [-0.3, -0.25) is 4.72 Å². The van der Waals surface area contributed by atoms with E-state index < -0.39 is 16.0 Å². The zero-order chi connectivity index (χ0) is 19.5. The van der Waals surface area contributed by atoms with Crippen LogP contribution in [0.5, 0.6) is 0 Å². The van der Waals surface area contributed by atoms with Crippen LogP contribution >= 0.6 is 11.3 Å². The van der Waals surface area contributed by atoms with E-state index in [0.717, 1.165) is 16.9 Å². The molecule has 0 bridgehead atoms. The fourth-order valence-electron chi connectivity index (χ4n) is 2.41. The maximum Gasteiger partial charge on any atom is 0.350 e. The third kappa shape index (κ3) is 4.34. The number of rotatable bonds is 5. The molecule has 5 nitrogen and oxygen atoms in total. The van der Waals surface area contributed by atoms with Crippen molar-refractivity contribution in [3.8, 4) is 0 Å². The van der Waals surface area contributed by atoms with Crippen molar-refractivity contribution >= 4 is 39.1 Å². The Morgan fingerprint density at radius 2 is 1.92 bits per heavy atom. The van der Waals surface area contributed by atoms with E-state index in [4.69, 9.17) is 4.74 Å². The molecule has 0 aliphatic heterocycles. The van der Waals surface area contributed by atoms with Gasteiger partial charge in [0.15, 0.2) is 0 Å². The molecule has 1 N–H and O–H groups in total. The minimum absolute atomic E-state index is 0.0997. The van der Waals surface area contributed by atoms with Gasteiger partial charge in [-0.05, 0) is 47.0 Å². The van der Waals surface area contributed by atoms with Gasteiger partial charge >= 0.3 is 5.97 Å². The van der Waals surface area contributed by atoms with E-state index in [1.54, 1.807) is 29.7 Å². The van der Waals surface area contributed by atoms with Gasteiger partial charge in [-0.15, -0.1) is 11.3 Å². The second-order valence-corrected chi connectivity index (χ2v) is 9.33. The molecular formula is C19H23NO4S2. The Morgan fingerprint density at radius 1 is 1.23 bits per heavy atom. The van der Waals surface area contributed by atoms with Crippen LogP contribution in [-0.2, 0) is 20.2 Å². The van der Waals surface area contributed by atoms with E-state index in [1.807, 2.05) is 19.1 Å². The third-order valence-corrected chi connectivity index (χ3v) is 6.13. The van der Waals surface area contributed by atoms with Crippen LogP contribution < -0.4 is 4.72 Å². The standard InChI is InChI=1S/C19H23NO4S2/c1-6-7-13-12-14(19(2,3)4)8-9-16(13)26(22,23)20-15-10-11-25-17(15)18(21)24-5/h6-12,20H,1-5H3. The summed E-state index contributed by atoms with van der Waals surface area (Å²) in [6, 6.07) is 6.84. The van der Waals surface area contributed by atoms with E-state index in [2.05, 4.69) is 25.5 Å². The number of methoxy groups -OCH3 is 1. The average molecular weight is 394 g/mol. The first kappa shape index (κ1) is 20.2. The molecule has 1 aromatic carbocycles. The predicted octanol–water partition coefficient (Wildman–Crippen LogP) is 4.67. The maximum absolute atomic E-state index is 12.9. The van der Waals surface area contributed by atoms with Crippen molar-refractivity contribution in [3.05, 3.63) is 51.7 Å². The number of sulfonamides is 1. The second-order valence-electron chi connectivity index (χ2n) is 6.76. The third-order valence-electron chi connectivity index (χ3n) is 3.79. The van der Waals surface area contributed by atoms with Gasteiger partial charge in [-0.2, -0.15) is 0 Å². The molecule has 0 radical (unpaired) electrons.